The predicted molar refractivity (Wildman–Crippen MR) is 102 cm³/mol. The third-order valence-electron chi connectivity index (χ3n) is 5.17. The van der Waals surface area contributed by atoms with Crippen LogP contribution in [-0.2, 0) is 23.8 Å². The molecule has 0 atom stereocenters. The third kappa shape index (κ3) is 3.53. The van der Waals surface area contributed by atoms with Crippen molar-refractivity contribution in [3.05, 3.63) is 40.1 Å². The first kappa shape index (κ1) is 19.6. The van der Waals surface area contributed by atoms with E-state index in [1.54, 1.807) is 20.8 Å². The van der Waals surface area contributed by atoms with Crippen LogP contribution >= 0.6 is 0 Å². The Morgan fingerprint density at radius 3 is 2.15 bits per heavy atom. The highest BCUT2D eigenvalue weighted by atomic mass is 16.6. The van der Waals surface area contributed by atoms with Crippen molar-refractivity contribution in [1.29, 1.82) is 0 Å². The Morgan fingerprint density at radius 2 is 1.63 bits per heavy atom. The lowest BCUT2D eigenvalue weighted by molar-refractivity contribution is -0.164. The van der Waals surface area contributed by atoms with Crippen LogP contribution in [0.15, 0.2) is 17.9 Å². The highest BCUT2D eigenvalue weighted by Gasteiger charge is 2.52. The van der Waals surface area contributed by atoms with Gasteiger partial charge in [0.25, 0.3) is 0 Å². The molecule has 0 radical (unpaired) electrons. The standard InChI is InChI=1S/C22H28O5/c1-13-11-14(2)16(15(3)12-13)17-18(26-20(24)21(4,5)6)22(27-19(17)23)7-9-25-10-8-22/h11-12H,7-10H2,1-6H3. The van der Waals surface area contributed by atoms with E-state index in [9.17, 15) is 9.59 Å². The maximum absolute atomic E-state index is 13.0. The van der Waals surface area contributed by atoms with Gasteiger partial charge in [-0.25, -0.2) is 4.79 Å². The van der Waals surface area contributed by atoms with Gasteiger partial charge in [-0.05, 0) is 58.2 Å². The molecule has 5 nitrogen and oxygen atoms in total. The van der Waals surface area contributed by atoms with Gasteiger partial charge in [0, 0.05) is 12.8 Å². The second kappa shape index (κ2) is 6.79. The lowest BCUT2D eigenvalue weighted by Crippen LogP contribution is -2.41. The van der Waals surface area contributed by atoms with Gasteiger partial charge < -0.3 is 14.2 Å². The normalized spacial score (nSPS) is 19.4. The molecule has 3 rings (SSSR count). The summed E-state index contributed by atoms with van der Waals surface area (Å²) >= 11 is 0. The summed E-state index contributed by atoms with van der Waals surface area (Å²) in [6.45, 7) is 12.3. The fourth-order valence-electron chi connectivity index (χ4n) is 3.81. The van der Waals surface area contributed by atoms with Crippen molar-refractivity contribution in [2.75, 3.05) is 13.2 Å². The van der Waals surface area contributed by atoms with E-state index in [4.69, 9.17) is 14.2 Å². The molecular weight excluding hydrogens is 344 g/mol. The zero-order valence-corrected chi connectivity index (χ0v) is 17.0. The summed E-state index contributed by atoms with van der Waals surface area (Å²) in [5.41, 5.74) is 2.62. The molecule has 2 aliphatic rings. The summed E-state index contributed by atoms with van der Waals surface area (Å²) in [5, 5.41) is 0. The van der Waals surface area contributed by atoms with Crippen LogP contribution in [0, 0.1) is 26.2 Å². The van der Waals surface area contributed by atoms with Crippen molar-refractivity contribution in [2.45, 2.75) is 60.0 Å². The molecule has 27 heavy (non-hydrogen) atoms. The van der Waals surface area contributed by atoms with E-state index in [1.165, 1.54) is 0 Å². The molecule has 2 heterocycles. The molecule has 0 unspecified atom stereocenters. The quantitative estimate of drug-likeness (QED) is 0.734. The molecule has 0 saturated carbocycles. The van der Waals surface area contributed by atoms with E-state index in [-0.39, 0.29) is 5.97 Å². The molecule has 1 fully saturated rings. The minimum absolute atomic E-state index is 0.353. The van der Waals surface area contributed by atoms with Crippen molar-refractivity contribution < 1.29 is 23.8 Å². The zero-order valence-electron chi connectivity index (χ0n) is 17.0. The Hall–Kier alpha value is -2.14. The first-order valence-corrected chi connectivity index (χ1v) is 9.41. The number of carbonyl (C=O) groups is 2. The van der Waals surface area contributed by atoms with Crippen LogP contribution in [0.2, 0.25) is 0 Å². The lowest BCUT2D eigenvalue weighted by Gasteiger charge is -2.34. The van der Waals surface area contributed by atoms with Gasteiger partial charge in [-0.1, -0.05) is 17.7 Å². The Morgan fingerprint density at radius 1 is 1.07 bits per heavy atom. The van der Waals surface area contributed by atoms with Gasteiger partial charge >= 0.3 is 11.9 Å². The topological polar surface area (TPSA) is 61.8 Å². The minimum Gasteiger partial charge on any atom is -0.447 e. The molecule has 0 N–H and O–H groups in total. The van der Waals surface area contributed by atoms with Crippen molar-refractivity contribution in [3.8, 4) is 0 Å². The summed E-state index contributed by atoms with van der Waals surface area (Å²) in [4.78, 5) is 25.7. The van der Waals surface area contributed by atoms with E-state index in [0.29, 0.717) is 37.4 Å². The van der Waals surface area contributed by atoms with E-state index in [2.05, 4.69) is 0 Å². The maximum atomic E-state index is 13.0. The lowest BCUT2D eigenvalue weighted by atomic mass is 9.87. The molecule has 1 aromatic carbocycles. The number of benzene rings is 1. The smallest absolute Gasteiger partial charge is 0.343 e. The number of aryl methyl sites for hydroxylation is 3. The number of ether oxygens (including phenoxy) is 3. The van der Waals surface area contributed by atoms with Gasteiger partial charge in [-0.3, -0.25) is 4.79 Å². The van der Waals surface area contributed by atoms with Crippen molar-refractivity contribution in [3.63, 3.8) is 0 Å². The van der Waals surface area contributed by atoms with Crippen LogP contribution in [-0.4, -0.2) is 30.8 Å². The summed E-state index contributed by atoms with van der Waals surface area (Å²) in [6.07, 6.45) is 0.970. The average Bonchev–Trinajstić information content (AvgIpc) is 2.79. The van der Waals surface area contributed by atoms with Gasteiger partial charge in [-0.15, -0.1) is 0 Å². The second-order valence-electron chi connectivity index (χ2n) is 8.61. The van der Waals surface area contributed by atoms with E-state index in [1.807, 2.05) is 32.9 Å². The molecule has 146 valence electrons. The number of carbonyl (C=O) groups excluding carboxylic acids is 2. The van der Waals surface area contributed by atoms with Crippen LogP contribution < -0.4 is 0 Å². The van der Waals surface area contributed by atoms with Crippen molar-refractivity contribution >= 4 is 17.5 Å². The molecule has 1 aromatic rings. The zero-order chi connectivity index (χ0) is 20.0. The van der Waals surface area contributed by atoms with Crippen molar-refractivity contribution in [2.24, 2.45) is 5.41 Å². The average molecular weight is 372 g/mol. The Labute approximate surface area is 160 Å². The highest BCUT2D eigenvalue weighted by Crippen LogP contribution is 2.46. The Bertz CT molecular complexity index is 797. The third-order valence-corrected chi connectivity index (χ3v) is 5.17. The Kier molecular flexibility index (Phi) is 4.93. The van der Waals surface area contributed by atoms with E-state index in [0.717, 1.165) is 22.3 Å². The van der Waals surface area contributed by atoms with Gasteiger partial charge in [-0.2, -0.15) is 0 Å². The van der Waals surface area contributed by atoms with Gasteiger partial charge in [0.05, 0.1) is 18.6 Å². The molecule has 0 amide bonds. The van der Waals surface area contributed by atoms with Gasteiger partial charge in [0.15, 0.2) is 11.4 Å². The van der Waals surface area contributed by atoms with Crippen LogP contribution in [0.5, 0.6) is 0 Å². The van der Waals surface area contributed by atoms with Crippen LogP contribution in [0.4, 0.5) is 0 Å². The largest absolute Gasteiger partial charge is 0.447 e. The first-order valence-electron chi connectivity index (χ1n) is 9.41. The fourth-order valence-corrected chi connectivity index (χ4v) is 3.81. The van der Waals surface area contributed by atoms with E-state index < -0.39 is 17.0 Å². The summed E-state index contributed by atoms with van der Waals surface area (Å²) in [6, 6.07) is 4.06. The molecule has 1 saturated heterocycles. The number of hydrogen-bond acceptors (Lipinski definition) is 5. The van der Waals surface area contributed by atoms with Crippen molar-refractivity contribution in [1.82, 2.24) is 0 Å². The highest BCUT2D eigenvalue weighted by molar-refractivity contribution is 6.21. The van der Waals surface area contributed by atoms with Crippen LogP contribution in [0.1, 0.15) is 55.9 Å². The number of esters is 2. The molecule has 0 aromatic heterocycles. The Balaban J connectivity index is 2.21. The maximum Gasteiger partial charge on any atom is 0.343 e. The fraction of sp³-hybridized carbons (Fsp3) is 0.545. The molecule has 2 aliphatic heterocycles. The SMILES string of the molecule is Cc1cc(C)c(C2=C(OC(=O)C(C)(C)C)C3(CCOCC3)OC2=O)c(C)c1. The molecule has 0 bridgehead atoms. The monoisotopic (exact) mass is 372 g/mol. The second-order valence-corrected chi connectivity index (χ2v) is 8.61. The molecule has 5 heteroatoms. The van der Waals surface area contributed by atoms with Crippen LogP contribution in [0.25, 0.3) is 5.57 Å². The molecular formula is C22H28O5. The van der Waals surface area contributed by atoms with Gasteiger partial charge in [0.2, 0.25) is 0 Å². The molecule has 0 aliphatic carbocycles. The number of hydrogen-bond donors (Lipinski definition) is 0. The molecule has 1 spiro atoms. The van der Waals surface area contributed by atoms with Gasteiger partial charge in [0.1, 0.15) is 5.57 Å². The number of rotatable bonds is 2. The van der Waals surface area contributed by atoms with E-state index >= 15 is 0 Å². The minimum atomic E-state index is -0.921. The first-order chi connectivity index (χ1) is 12.5. The summed E-state index contributed by atoms with van der Waals surface area (Å²) in [7, 11) is 0. The summed E-state index contributed by atoms with van der Waals surface area (Å²) in [5.74, 6) is -0.448. The summed E-state index contributed by atoms with van der Waals surface area (Å²) < 4.78 is 17.2. The predicted octanol–water partition coefficient (Wildman–Crippen LogP) is 4.02. The van der Waals surface area contributed by atoms with Crippen LogP contribution in [0.3, 0.4) is 0 Å².